The third kappa shape index (κ3) is 5.17. The largest absolute Gasteiger partial charge is 0.480 e. The Hall–Kier alpha value is -2.24. The molecular formula is C14H21N3O3. The number of anilines is 2. The third-order valence-corrected chi connectivity index (χ3v) is 2.66. The van der Waals surface area contributed by atoms with Crippen LogP contribution in [-0.2, 0) is 9.59 Å². The van der Waals surface area contributed by atoms with Crippen molar-refractivity contribution in [3.8, 4) is 0 Å². The molecule has 0 heterocycles. The van der Waals surface area contributed by atoms with E-state index in [2.05, 4.69) is 5.32 Å². The van der Waals surface area contributed by atoms with E-state index in [1.54, 1.807) is 29.2 Å². The van der Waals surface area contributed by atoms with Crippen molar-refractivity contribution in [3.63, 3.8) is 0 Å². The molecule has 0 aliphatic carbocycles. The van der Waals surface area contributed by atoms with E-state index in [0.29, 0.717) is 17.9 Å². The molecule has 0 aromatic heterocycles. The molecule has 0 aliphatic heterocycles. The smallest absolute Gasteiger partial charge is 0.323 e. The molecule has 1 aromatic rings. The number of carbonyl (C=O) groups is 2. The summed E-state index contributed by atoms with van der Waals surface area (Å²) >= 11 is 0. The summed E-state index contributed by atoms with van der Waals surface area (Å²) in [5, 5.41) is 11.7. The van der Waals surface area contributed by atoms with Crippen molar-refractivity contribution in [3.05, 3.63) is 24.3 Å². The fourth-order valence-corrected chi connectivity index (χ4v) is 1.85. The number of para-hydroxylation sites is 2. The summed E-state index contributed by atoms with van der Waals surface area (Å²) in [4.78, 5) is 24.2. The number of nitrogens with zero attached hydrogens (tertiary/aromatic N) is 1. The highest BCUT2D eigenvalue weighted by molar-refractivity contribution is 5.80. The summed E-state index contributed by atoms with van der Waals surface area (Å²) in [5.41, 5.74) is 6.98. The SMILES string of the molecule is CC(C)NC(=O)CCN(CC(=O)O)c1ccccc1N. The molecule has 1 rings (SSSR count). The quantitative estimate of drug-likeness (QED) is 0.649. The van der Waals surface area contributed by atoms with Gasteiger partial charge in [-0.1, -0.05) is 12.1 Å². The summed E-state index contributed by atoms with van der Waals surface area (Å²) in [6.45, 7) is 3.87. The molecule has 0 spiro atoms. The minimum Gasteiger partial charge on any atom is -0.480 e. The van der Waals surface area contributed by atoms with Gasteiger partial charge in [-0.3, -0.25) is 9.59 Å². The zero-order valence-electron chi connectivity index (χ0n) is 11.8. The summed E-state index contributed by atoms with van der Waals surface area (Å²) in [7, 11) is 0. The van der Waals surface area contributed by atoms with Crippen LogP contribution in [0, 0.1) is 0 Å². The number of nitrogen functional groups attached to an aromatic ring is 1. The fraction of sp³-hybridized carbons (Fsp3) is 0.429. The molecule has 0 bridgehead atoms. The number of hydrogen-bond acceptors (Lipinski definition) is 4. The third-order valence-electron chi connectivity index (χ3n) is 2.66. The van der Waals surface area contributed by atoms with E-state index in [0.717, 1.165) is 0 Å². The Morgan fingerprint density at radius 2 is 2.00 bits per heavy atom. The molecule has 6 nitrogen and oxygen atoms in total. The summed E-state index contributed by atoms with van der Waals surface area (Å²) in [6, 6.07) is 7.09. The number of benzene rings is 1. The molecule has 0 saturated heterocycles. The van der Waals surface area contributed by atoms with Crippen LogP contribution in [0.1, 0.15) is 20.3 Å². The maximum absolute atomic E-state index is 11.6. The van der Waals surface area contributed by atoms with Crippen LogP contribution in [0.25, 0.3) is 0 Å². The Kier molecular flexibility index (Phi) is 5.83. The van der Waals surface area contributed by atoms with Gasteiger partial charge in [0.05, 0.1) is 11.4 Å². The van der Waals surface area contributed by atoms with Crippen LogP contribution in [0.5, 0.6) is 0 Å². The number of carbonyl (C=O) groups excluding carboxylic acids is 1. The molecule has 0 fully saturated rings. The topological polar surface area (TPSA) is 95.7 Å². The van der Waals surface area contributed by atoms with E-state index < -0.39 is 5.97 Å². The summed E-state index contributed by atoms with van der Waals surface area (Å²) in [6.07, 6.45) is 0.222. The van der Waals surface area contributed by atoms with Crippen LogP contribution in [0.4, 0.5) is 11.4 Å². The van der Waals surface area contributed by atoms with Crippen LogP contribution in [0.2, 0.25) is 0 Å². The number of nitrogens with one attached hydrogen (secondary N) is 1. The van der Waals surface area contributed by atoms with E-state index in [1.165, 1.54) is 0 Å². The van der Waals surface area contributed by atoms with Crippen LogP contribution in [0.3, 0.4) is 0 Å². The molecule has 1 amide bonds. The van der Waals surface area contributed by atoms with Gasteiger partial charge in [-0.15, -0.1) is 0 Å². The van der Waals surface area contributed by atoms with E-state index in [4.69, 9.17) is 10.8 Å². The van der Waals surface area contributed by atoms with Gasteiger partial charge in [-0.05, 0) is 26.0 Å². The van der Waals surface area contributed by atoms with Gasteiger partial charge in [-0.2, -0.15) is 0 Å². The van der Waals surface area contributed by atoms with Crippen LogP contribution in [0.15, 0.2) is 24.3 Å². The van der Waals surface area contributed by atoms with Crippen molar-refractivity contribution in [2.24, 2.45) is 0 Å². The van der Waals surface area contributed by atoms with Crippen molar-refractivity contribution in [2.75, 3.05) is 23.7 Å². The molecule has 20 heavy (non-hydrogen) atoms. The predicted molar refractivity (Wildman–Crippen MR) is 78.6 cm³/mol. The number of carboxylic acid groups (broad SMARTS) is 1. The van der Waals surface area contributed by atoms with E-state index in [9.17, 15) is 9.59 Å². The number of rotatable bonds is 7. The average Bonchev–Trinajstić information content (AvgIpc) is 2.34. The molecule has 0 saturated carbocycles. The van der Waals surface area contributed by atoms with E-state index >= 15 is 0 Å². The number of aliphatic carboxylic acids is 1. The minimum absolute atomic E-state index is 0.0669. The first-order valence-electron chi connectivity index (χ1n) is 6.50. The van der Waals surface area contributed by atoms with Gasteiger partial charge in [0, 0.05) is 19.0 Å². The number of hydrogen-bond donors (Lipinski definition) is 3. The van der Waals surface area contributed by atoms with Crippen LogP contribution < -0.4 is 16.0 Å². The number of amides is 1. The predicted octanol–water partition coefficient (Wildman–Crippen LogP) is 1.07. The zero-order valence-corrected chi connectivity index (χ0v) is 11.8. The highest BCUT2D eigenvalue weighted by Crippen LogP contribution is 2.22. The van der Waals surface area contributed by atoms with Crippen molar-refractivity contribution in [1.82, 2.24) is 5.32 Å². The molecule has 1 aromatic carbocycles. The average molecular weight is 279 g/mol. The van der Waals surface area contributed by atoms with Crippen molar-refractivity contribution in [2.45, 2.75) is 26.3 Å². The lowest BCUT2D eigenvalue weighted by atomic mass is 10.2. The summed E-state index contributed by atoms with van der Waals surface area (Å²) < 4.78 is 0. The second-order valence-electron chi connectivity index (χ2n) is 4.85. The molecule has 0 atom stereocenters. The molecule has 110 valence electrons. The van der Waals surface area contributed by atoms with Gasteiger partial charge >= 0.3 is 5.97 Å². The Morgan fingerprint density at radius 3 is 2.55 bits per heavy atom. The zero-order chi connectivity index (χ0) is 15.1. The van der Waals surface area contributed by atoms with E-state index in [1.807, 2.05) is 13.8 Å². The summed E-state index contributed by atoms with van der Waals surface area (Å²) in [5.74, 6) is -1.07. The number of carboxylic acids is 1. The Bertz CT molecular complexity index is 474. The minimum atomic E-state index is -0.961. The van der Waals surface area contributed by atoms with Gasteiger partial charge < -0.3 is 21.1 Å². The highest BCUT2D eigenvalue weighted by Gasteiger charge is 2.14. The molecule has 0 aliphatic rings. The van der Waals surface area contributed by atoms with Gasteiger partial charge in [0.25, 0.3) is 0 Å². The second kappa shape index (κ2) is 7.37. The fourth-order valence-electron chi connectivity index (χ4n) is 1.85. The van der Waals surface area contributed by atoms with Crippen LogP contribution in [-0.4, -0.2) is 36.1 Å². The Morgan fingerprint density at radius 1 is 1.35 bits per heavy atom. The maximum atomic E-state index is 11.6. The lowest BCUT2D eigenvalue weighted by Gasteiger charge is -2.24. The highest BCUT2D eigenvalue weighted by atomic mass is 16.4. The van der Waals surface area contributed by atoms with E-state index in [-0.39, 0.29) is 24.9 Å². The standard InChI is InChI=1S/C14H21N3O3/c1-10(2)16-13(18)7-8-17(9-14(19)20)12-6-4-3-5-11(12)15/h3-6,10H,7-9,15H2,1-2H3,(H,16,18)(H,19,20). The van der Waals surface area contributed by atoms with Gasteiger partial charge in [0.15, 0.2) is 0 Å². The lowest BCUT2D eigenvalue weighted by Crippen LogP contribution is -2.36. The van der Waals surface area contributed by atoms with Gasteiger partial charge in [-0.25, -0.2) is 0 Å². The Balaban J connectivity index is 2.73. The van der Waals surface area contributed by atoms with Gasteiger partial charge in [0.1, 0.15) is 6.54 Å². The molecular weight excluding hydrogens is 258 g/mol. The molecule has 4 N–H and O–H groups in total. The first kappa shape index (κ1) is 15.8. The molecule has 6 heteroatoms. The second-order valence-corrected chi connectivity index (χ2v) is 4.85. The van der Waals surface area contributed by atoms with Crippen molar-refractivity contribution < 1.29 is 14.7 Å². The molecule has 0 unspecified atom stereocenters. The monoisotopic (exact) mass is 279 g/mol. The van der Waals surface area contributed by atoms with Crippen molar-refractivity contribution in [1.29, 1.82) is 0 Å². The Labute approximate surface area is 118 Å². The molecule has 0 radical (unpaired) electrons. The number of nitrogens with two attached hydrogens (primary N) is 1. The maximum Gasteiger partial charge on any atom is 0.323 e. The van der Waals surface area contributed by atoms with Crippen LogP contribution >= 0.6 is 0 Å². The van der Waals surface area contributed by atoms with Crippen molar-refractivity contribution >= 4 is 23.3 Å². The van der Waals surface area contributed by atoms with Gasteiger partial charge in [0.2, 0.25) is 5.91 Å². The normalized spacial score (nSPS) is 10.3. The lowest BCUT2D eigenvalue weighted by molar-refractivity contribution is -0.135. The first-order valence-corrected chi connectivity index (χ1v) is 6.50. The first-order chi connectivity index (χ1) is 9.40.